The average molecular weight is 227 g/mol. The number of aldehydes is 1. The van der Waals surface area contributed by atoms with E-state index in [0.29, 0.717) is 0 Å². The van der Waals surface area contributed by atoms with E-state index in [1.54, 1.807) is 13.0 Å². The van der Waals surface area contributed by atoms with E-state index in [9.17, 15) is 18.0 Å². The Balaban J connectivity index is 0. The zero-order valence-electron chi connectivity index (χ0n) is 8.25. The molecule has 0 aromatic carbocycles. The monoisotopic (exact) mass is 227 g/mol. The van der Waals surface area contributed by atoms with Crippen molar-refractivity contribution in [3.8, 4) is 0 Å². The van der Waals surface area contributed by atoms with E-state index in [-0.39, 0.29) is 12.0 Å². The lowest BCUT2D eigenvalue weighted by Gasteiger charge is -1.92. The predicted octanol–water partition coefficient (Wildman–Crippen LogP) is 0.810. The third kappa shape index (κ3) is 19.2. The van der Waals surface area contributed by atoms with Crippen molar-refractivity contribution < 1.29 is 27.5 Å². The summed E-state index contributed by atoms with van der Waals surface area (Å²) in [6.45, 7) is 1.78. The Kier molecular flexibility index (Phi) is 8.55. The molecule has 0 heterocycles. The van der Waals surface area contributed by atoms with Crippen molar-refractivity contribution in [3.05, 3.63) is 12.2 Å². The fourth-order valence-electron chi connectivity index (χ4n) is 0.298. The Morgan fingerprint density at radius 3 is 2.07 bits per heavy atom. The van der Waals surface area contributed by atoms with E-state index < -0.39 is 12.5 Å². The number of carbonyl (C=O) groups excluding carboxylic acids is 2. The molecule has 0 fully saturated rings. The molecule has 4 nitrogen and oxygen atoms in total. The molecule has 0 aliphatic rings. The van der Waals surface area contributed by atoms with Gasteiger partial charge in [0.2, 0.25) is 6.29 Å². The highest BCUT2D eigenvalue weighted by atomic mass is 19.4. The second kappa shape index (κ2) is 7.98. The lowest BCUT2D eigenvalue weighted by Crippen LogP contribution is -2.11. The van der Waals surface area contributed by atoms with E-state index in [1.807, 2.05) is 0 Å². The molecule has 0 unspecified atom stereocenters. The van der Waals surface area contributed by atoms with Gasteiger partial charge in [0.25, 0.3) is 0 Å². The number of alkyl halides is 3. The summed E-state index contributed by atoms with van der Waals surface area (Å²) in [5, 5.41) is 0. The zero-order valence-corrected chi connectivity index (χ0v) is 8.25. The fraction of sp³-hybridized carbons (Fsp3) is 0.500. The lowest BCUT2D eigenvalue weighted by atomic mass is 10.3. The second-order valence-electron chi connectivity index (χ2n) is 2.40. The second-order valence-corrected chi connectivity index (χ2v) is 2.40. The summed E-state index contributed by atoms with van der Waals surface area (Å²) in [5.41, 5.74) is 5.30. The van der Waals surface area contributed by atoms with Gasteiger partial charge in [0.15, 0.2) is 0 Å². The first-order chi connectivity index (χ1) is 6.72. The highest BCUT2D eigenvalue weighted by Crippen LogP contribution is 2.08. The standard InChI is InChI=1S/C6H11NO2.C2HF3O/c1-5(7)3-4-6(8)9-2;3-2(4,5)1-6/h3-5H,7H2,1-2H3;1H/b4-3+;/t5-;/m0./s1. The van der Waals surface area contributed by atoms with Crippen molar-refractivity contribution in [2.75, 3.05) is 7.11 Å². The van der Waals surface area contributed by atoms with Crippen LogP contribution in [0.2, 0.25) is 0 Å². The summed E-state index contributed by atoms with van der Waals surface area (Å²) < 4.78 is 35.6. The van der Waals surface area contributed by atoms with Crippen LogP contribution >= 0.6 is 0 Å². The SMILES string of the molecule is COC(=O)/C=C/[C@H](C)N.O=CC(F)(F)F. The number of rotatable bonds is 2. The van der Waals surface area contributed by atoms with E-state index in [0.717, 1.165) is 0 Å². The van der Waals surface area contributed by atoms with Crippen LogP contribution in [0.4, 0.5) is 13.2 Å². The molecule has 0 saturated heterocycles. The van der Waals surface area contributed by atoms with Gasteiger partial charge >= 0.3 is 12.1 Å². The fourth-order valence-corrected chi connectivity index (χ4v) is 0.298. The highest BCUT2D eigenvalue weighted by molar-refractivity contribution is 5.81. The van der Waals surface area contributed by atoms with Crippen molar-refractivity contribution in [3.63, 3.8) is 0 Å². The number of esters is 1. The first-order valence-electron chi connectivity index (χ1n) is 3.77. The molecule has 0 saturated carbocycles. The molecule has 0 aromatic heterocycles. The topological polar surface area (TPSA) is 69.4 Å². The Morgan fingerprint density at radius 1 is 1.47 bits per heavy atom. The first kappa shape index (κ1) is 16.1. The van der Waals surface area contributed by atoms with Crippen LogP contribution in [-0.2, 0) is 14.3 Å². The summed E-state index contributed by atoms with van der Waals surface area (Å²) in [6, 6.07) is -0.0934. The largest absolute Gasteiger partial charge is 0.466 e. The van der Waals surface area contributed by atoms with Crippen LogP contribution in [-0.4, -0.2) is 31.6 Å². The van der Waals surface area contributed by atoms with Gasteiger partial charge in [0.1, 0.15) is 0 Å². The smallest absolute Gasteiger partial charge is 0.446 e. The Morgan fingerprint density at radius 2 is 1.87 bits per heavy atom. The molecule has 1 atom stereocenters. The number of hydrogen-bond donors (Lipinski definition) is 1. The normalized spacial score (nSPS) is 12.7. The van der Waals surface area contributed by atoms with E-state index >= 15 is 0 Å². The van der Waals surface area contributed by atoms with Gasteiger partial charge in [-0.2, -0.15) is 13.2 Å². The van der Waals surface area contributed by atoms with Gasteiger partial charge in [0, 0.05) is 12.1 Å². The van der Waals surface area contributed by atoms with E-state index in [2.05, 4.69) is 4.74 Å². The predicted molar refractivity (Wildman–Crippen MR) is 46.9 cm³/mol. The number of carbonyl (C=O) groups is 2. The number of hydrogen-bond acceptors (Lipinski definition) is 4. The van der Waals surface area contributed by atoms with Crippen molar-refractivity contribution in [1.29, 1.82) is 0 Å². The minimum Gasteiger partial charge on any atom is -0.466 e. The maximum Gasteiger partial charge on any atom is 0.446 e. The quantitative estimate of drug-likeness (QED) is 0.430. The van der Waals surface area contributed by atoms with Gasteiger partial charge in [0.05, 0.1) is 7.11 Å². The van der Waals surface area contributed by atoms with Crippen molar-refractivity contribution in [2.24, 2.45) is 5.73 Å². The minimum absolute atomic E-state index is 0.0934. The van der Waals surface area contributed by atoms with Gasteiger partial charge in [-0.25, -0.2) is 4.79 Å². The summed E-state index contributed by atoms with van der Waals surface area (Å²) in [4.78, 5) is 19.1. The molecule has 88 valence electrons. The molecular formula is C8H12F3NO3. The Labute approximate surface area is 84.9 Å². The van der Waals surface area contributed by atoms with Crippen LogP contribution in [0.1, 0.15) is 6.92 Å². The molecule has 2 N–H and O–H groups in total. The molecule has 0 aliphatic heterocycles. The number of ether oxygens (including phenoxy) is 1. The molecule has 0 aliphatic carbocycles. The van der Waals surface area contributed by atoms with Gasteiger partial charge in [-0.1, -0.05) is 6.08 Å². The van der Waals surface area contributed by atoms with Crippen LogP contribution in [0.5, 0.6) is 0 Å². The molecule has 0 spiro atoms. The van der Waals surface area contributed by atoms with Gasteiger partial charge in [-0.05, 0) is 6.92 Å². The van der Waals surface area contributed by atoms with Crippen LogP contribution in [0.3, 0.4) is 0 Å². The summed E-state index contributed by atoms with van der Waals surface area (Å²) in [5.74, 6) is -0.368. The number of nitrogens with two attached hydrogens (primary N) is 1. The Hall–Kier alpha value is -1.37. The highest BCUT2D eigenvalue weighted by Gasteiger charge is 2.24. The molecular weight excluding hydrogens is 215 g/mol. The molecule has 0 amide bonds. The molecule has 0 radical (unpaired) electrons. The summed E-state index contributed by atoms with van der Waals surface area (Å²) in [6.07, 6.45) is -2.82. The van der Waals surface area contributed by atoms with E-state index in [1.165, 1.54) is 13.2 Å². The lowest BCUT2D eigenvalue weighted by molar-refractivity contribution is -0.156. The molecule has 15 heavy (non-hydrogen) atoms. The number of halogens is 3. The van der Waals surface area contributed by atoms with Crippen LogP contribution in [0.15, 0.2) is 12.2 Å². The van der Waals surface area contributed by atoms with Crippen LogP contribution in [0.25, 0.3) is 0 Å². The average Bonchev–Trinajstić information content (AvgIpc) is 2.14. The molecule has 0 rings (SSSR count). The minimum atomic E-state index is -4.64. The van der Waals surface area contributed by atoms with Gasteiger partial charge in [-0.15, -0.1) is 0 Å². The van der Waals surface area contributed by atoms with Gasteiger partial charge < -0.3 is 10.5 Å². The van der Waals surface area contributed by atoms with Gasteiger partial charge in [-0.3, -0.25) is 4.79 Å². The van der Waals surface area contributed by atoms with Crippen molar-refractivity contribution in [2.45, 2.75) is 19.1 Å². The maximum absolute atomic E-state index is 10.4. The zero-order chi connectivity index (χ0) is 12.5. The van der Waals surface area contributed by atoms with Crippen LogP contribution < -0.4 is 5.73 Å². The van der Waals surface area contributed by atoms with Crippen molar-refractivity contribution >= 4 is 12.3 Å². The third-order valence-corrected chi connectivity index (χ3v) is 0.871. The van der Waals surface area contributed by atoms with Crippen LogP contribution in [0, 0.1) is 0 Å². The summed E-state index contributed by atoms with van der Waals surface area (Å²) in [7, 11) is 1.33. The Bertz CT molecular complexity index is 224. The third-order valence-electron chi connectivity index (χ3n) is 0.871. The van der Waals surface area contributed by atoms with Crippen molar-refractivity contribution in [1.82, 2.24) is 0 Å². The number of methoxy groups -OCH3 is 1. The summed E-state index contributed by atoms with van der Waals surface area (Å²) >= 11 is 0. The maximum atomic E-state index is 10.4. The first-order valence-corrected chi connectivity index (χ1v) is 3.77. The molecule has 0 aromatic rings. The molecule has 7 heteroatoms. The van der Waals surface area contributed by atoms with E-state index in [4.69, 9.17) is 10.5 Å². The molecule has 0 bridgehead atoms.